The van der Waals surface area contributed by atoms with Gasteiger partial charge in [-0.25, -0.2) is 4.39 Å². The van der Waals surface area contributed by atoms with E-state index in [1.165, 1.54) is 24.6 Å². The van der Waals surface area contributed by atoms with E-state index in [4.69, 9.17) is 5.73 Å². The Morgan fingerprint density at radius 3 is 2.81 bits per heavy atom. The Morgan fingerprint density at radius 1 is 1.48 bits per heavy atom. The van der Waals surface area contributed by atoms with Crippen molar-refractivity contribution in [3.8, 4) is 11.8 Å². The predicted octanol–water partition coefficient (Wildman–Crippen LogP) is 2.45. The molecule has 0 aromatic heterocycles. The fourth-order valence-electron chi connectivity index (χ4n) is 2.66. The van der Waals surface area contributed by atoms with Crippen LogP contribution in [0.15, 0.2) is 18.2 Å². The number of halogens is 1. The molecular weight excluding hydrogens is 267 g/mol. The van der Waals surface area contributed by atoms with Gasteiger partial charge in [-0.1, -0.05) is 25.2 Å². The Bertz CT molecular complexity index is 577. The highest BCUT2D eigenvalue weighted by Gasteiger charge is 2.35. The van der Waals surface area contributed by atoms with E-state index in [0.29, 0.717) is 17.7 Å². The van der Waals surface area contributed by atoms with Crippen molar-refractivity contribution in [1.82, 2.24) is 5.32 Å². The first-order valence-electron chi connectivity index (χ1n) is 7.37. The minimum absolute atomic E-state index is 0.177. The standard InChI is InChI=1S/C17H21FN2O/c1-2-17(8-4-9-17)12-20-16(21)15-7-6-14(18)11-13(15)5-3-10-19/h6-7,11H,2,4,8-10,12,19H2,1H3,(H,20,21). The lowest BCUT2D eigenvalue weighted by Gasteiger charge is -2.41. The summed E-state index contributed by atoms with van der Waals surface area (Å²) in [5.74, 6) is 4.82. The van der Waals surface area contributed by atoms with Crippen molar-refractivity contribution < 1.29 is 9.18 Å². The summed E-state index contributed by atoms with van der Waals surface area (Å²) >= 11 is 0. The van der Waals surface area contributed by atoms with Crippen LogP contribution in [0.5, 0.6) is 0 Å². The van der Waals surface area contributed by atoms with Crippen LogP contribution in [-0.4, -0.2) is 19.0 Å². The van der Waals surface area contributed by atoms with Crippen molar-refractivity contribution >= 4 is 5.91 Å². The van der Waals surface area contributed by atoms with Gasteiger partial charge >= 0.3 is 0 Å². The number of nitrogens with two attached hydrogens (primary N) is 1. The number of rotatable bonds is 4. The van der Waals surface area contributed by atoms with Crippen molar-refractivity contribution in [2.75, 3.05) is 13.1 Å². The van der Waals surface area contributed by atoms with Gasteiger partial charge in [0.2, 0.25) is 0 Å². The summed E-state index contributed by atoms with van der Waals surface area (Å²) in [6.07, 6.45) is 4.62. The third kappa shape index (κ3) is 3.62. The first-order valence-corrected chi connectivity index (χ1v) is 7.37. The molecule has 0 atom stereocenters. The molecule has 1 fully saturated rings. The molecule has 1 aromatic rings. The number of hydrogen-bond donors (Lipinski definition) is 2. The van der Waals surface area contributed by atoms with Crippen molar-refractivity contribution in [3.05, 3.63) is 35.1 Å². The first-order chi connectivity index (χ1) is 10.1. The average molecular weight is 288 g/mol. The topological polar surface area (TPSA) is 55.1 Å². The maximum atomic E-state index is 13.3. The van der Waals surface area contributed by atoms with E-state index in [-0.39, 0.29) is 17.9 Å². The Morgan fingerprint density at radius 2 is 2.24 bits per heavy atom. The molecule has 0 bridgehead atoms. The maximum Gasteiger partial charge on any atom is 0.252 e. The highest BCUT2D eigenvalue weighted by Crippen LogP contribution is 2.43. The molecule has 1 aromatic carbocycles. The molecule has 3 N–H and O–H groups in total. The number of carbonyl (C=O) groups excluding carboxylic acids is 1. The monoisotopic (exact) mass is 288 g/mol. The van der Waals surface area contributed by atoms with E-state index in [2.05, 4.69) is 24.1 Å². The summed E-state index contributed by atoms with van der Waals surface area (Å²) in [5, 5.41) is 2.97. The molecule has 3 nitrogen and oxygen atoms in total. The maximum absolute atomic E-state index is 13.3. The fraction of sp³-hybridized carbons (Fsp3) is 0.471. The van der Waals surface area contributed by atoms with E-state index in [9.17, 15) is 9.18 Å². The summed E-state index contributed by atoms with van der Waals surface area (Å²) < 4.78 is 13.3. The quantitative estimate of drug-likeness (QED) is 0.836. The third-order valence-electron chi connectivity index (χ3n) is 4.34. The van der Waals surface area contributed by atoms with Crippen LogP contribution >= 0.6 is 0 Å². The van der Waals surface area contributed by atoms with Crippen molar-refractivity contribution in [3.63, 3.8) is 0 Å². The second-order valence-electron chi connectivity index (χ2n) is 5.59. The van der Waals surface area contributed by atoms with E-state index in [0.717, 1.165) is 19.3 Å². The second-order valence-corrected chi connectivity index (χ2v) is 5.59. The van der Waals surface area contributed by atoms with Crippen LogP contribution in [0, 0.1) is 23.1 Å². The zero-order valence-corrected chi connectivity index (χ0v) is 12.3. The van der Waals surface area contributed by atoms with Crippen molar-refractivity contribution in [2.45, 2.75) is 32.6 Å². The first kappa shape index (κ1) is 15.5. The summed E-state index contributed by atoms with van der Waals surface area (Å²) in [5.41, 5.74) is 6.37. The van der Waals surface area contributed by atoms with Gasteiger partial charge in [-0.15, -0.1) is 0 Å². The summed E-state index contributed by atoms with van der Waals surface area (Å²) in [7, 11) is 0. The zero-order chi connectivity index (χ0) is 15.3. The molecule has 0 radical (unpaired) electrons. The van der Waals surface area contributed by atoms with Gasteiger partial charge in [0.05, 0.1) is 12.1 Å². The normalized spacial score (nSPS) is 15.6. The Kier molecular flexibility index (Phi) is 4.98. The number of carbonyl (C=O) groups is 1. The molecule has 112 valence electrons. The fourth-order valence-corrected chi connectivity index (χ4v) is 2.66. The van der Waals surface area contributed by atoms with Crippen LogP contribution < -0.4 is 11.1 Å². The van der Waals surface area contributed by atoms with Crippen LogP contribution in [0.25, 0.3) is 0 Å². The lowest BCUT2D eigenvalue weighted by Crippen LogP contribution is -2.41. The molecule has 2 rings (SSSR count). The van der Waals surface area contributed by atoms with Gasteiger partial charge in [-0.3, -0.25) is 4.79 Å². The summed E-state index contributed by atoms with van der Waals surface area (Å²) in [6, 6.07) is 4.03. The molecule has 0 aliphatic heterocycles. The Balaban J connectivity index is 2.11. The molecule has 1 aliphatic rings. The van der Waals surface area contributed by atoms with Crippen LogP contribution in [0.2, 0.25) is 0 Å². The van der Waals surface area contributed by atoms with Gasteiger partial charge in [-0.05, 0) is 42.9 Å². The summed E-state index contributed by atoms with van der Waals surface area (Å²) in [6.45, 7) is 3.00. The molecule has 0 heterocycles. The SMILES string of the molecule is CCC1(CNC(=O)c2ccc(F)cc2C#CCN)CCC1. The van der Waals surface area contributed by atoms with Gasteiger partial charge in [-0.2, -0.15) is 0 Å². The van der Waals surface area contributed by atoms with Gasteiger partial charge in [0.1, 0.15) is 5.82 Å². The Labute approximate surface area is 125 Å². The molecule has 0 unspecified atom stereocenters. The number of benzene rings is 1. The van der Waals surface area contributed by atoms with Crippen molar-refractivity contribution in [2.24, 2.45) is 11.1 Å². The van der Waals surface area contributed by atoms with Crippen LogP contribution in [-0.2, 0) is 0 Å². The van der Waals surface area contributed by atoms with Gasteiger partial charge in [0, 0.05) is 12.1 Å². The zero-order valence-electron chi connectivity index (χ0n) is 12.3. The molecule has 0 saturated heterocycles. The van der Waals surface area contributed by atoms with Crippen LogP contribution in [0.1, 0.15) is 48.5 Å². The summed E-state index contributed by atoms with van der Waals surface area (Å²) in [4.78, 5) is 12.3. The highest BCUT2D eigenvalue weighted by atomic mass is 19.1. The van der Waals surface area contributed by atoms with Crippen LogP contribution in [0.3, 0.4) is 0 Å². The number of nitrogens with one attached hydrogen (secondary N) is 1. The molecule has 21 heavy (non-hydrogen) atoms. The van der Waals surface area contributed by atoms with Gasteiger partial charge in [0.15, 0.2) is 0 Å². The van der Waals surface area contributed by atoms with E-state index < -0.39 is 5.82 Å². The number of hydrogen-bond acceptors (Lipinski definition) is 2. The molecule has 1 amide bonds. The van der Waals surface area contributed by atoms with E-state index >= 15 is 0 Å². The minimum atomic E-state index is -0.406. The predicted molar refractivity (Wildman–Crippen MR) is 81.2 cm³/mol. The van der Waals surface area contributed by atoms with E-state index in [1.54, 1.807) is 0 Å². The molecule has 1 saturated carbocycles. The highest BCUT2D eigenvalue weighted by molar-refractivity contribution is 5.96. The second kappa shape index (κ2) is 6.73. The molecule has 1 aliphatic carbocycles. The van der Waals surface area contributed by atoms with Crippen LogP contribution in [0.4, 0.5) is 4.39 Å². The minimum Gasteiger partial charge on any atom is -0.351 e. The largest absolute Gasteiger partial charge is 0.351 e. The lowest BCUT2D eigenvalue weighted by molar-refractivity contribution is 0.0850. The number of amides is 1. The smallest absolute Gasteiger partial charge is 0.252 e. The third-order valence-corrected chi connectivity index (χ3v) is 4.34. The lowest BCUT2D eigenvalue weighted by atomic mass is 9.67. The molecule has 0 spiro atoms. The van der Waals surface area contributed by atoms with Gasteiger partial charge in [0.25, 0.3) is 5.91 Å². The van der Waals surface area contributed by atoms with Crippen molar-refractivity contribution in [1.29, 1.82) is 0 Å². The molecular formula is C17H21FN2O. The van der Waals surface area contributed by atoms with Gasteiger partial charge < -0.3 is 11.1 Å². The van der Waals surface area contributed by atoms with E-state index in [1.807, 2.05) is 0 Å². The Hall–Kier alpha value is -1.86. The molecule has 4 heteroatoms. The average Bonchev–Trinajstić information content (AvgIpc) is 2.44.